The van der Waals surface area contributed by atoms with E-state index in [1.807, 2.05) is 24.2 Å². The Bertz CT molecular complexity index is 290. The predicted octanol–water partition coefficient (Wildman–Crippen LogP) is 4.51. The van der Waals surface area contributed by atoms with Crippen molar-refractivity contribution in [3.8, 4) is 0 Å². The van der Waals surface area contributed by atoms with Crippen molar-refractivity contribution in [1.29, 1.82) is 0 Å². The number of aromatic nitrogens is 1. The summed E-state index contributed by atoms with van der Waals surface area (Å²) in [4.78, 5) is 5.35. The normalized spacial score (nSPS) is 10.8. The van der Waals surface area contributed by atoms with Crippen molar-refractivity contribution in [2.45, 2.75) is 56.8 Å². The van der Waals surface area contributed by atoms with Crippen molar-refractivity contribution < 1.29 is 0 Å². The summed E-state index contributed by atoms with van der Waals surface area (Å²) < 4.78 is 0. The molecule has 0 fully saturated rings. The Balaban J connectivity index is 1.79. The van der Waals surface area contributed by atoms with Crippen LogP contribution in [0.4, 0.5) is 0 Å². The molecule has 1 aromatic rings. The van der Waals surface area contributed by atoms with E-state index in [0.29, 0.717) is 0 Å². The van der Waals surface area contributed by atoms with Gasteiger partial charge in [-0.15, -0.1) is 11.8 Å². The highest BCUT2D eigenvalue weighted by atomic mass is 32.2. The molecule has 0 aliphatic rings. The van der Waals surface area contributed by atoms with Crippen LogP contribution in [0.15, 0.2) is 29.4 Å². The third-order valence-corrected chi connectivity index (χ3v) is 4.22. The molecule has 0 aliphatic carbocycles. The molecule has 1 heterocycles. The molecule has 1 aromatic heterocycles. The van der Waals surface area contributed by atoms with E-state index in [9.17, 15) is 0 Å². The maximum absolute atomic E-state index is 4.02. The molecule has 108 valence electrons. The fraction of sp³-hybridized carbons (Fsp3) is 0.688. The summed E-state index contributed by atoms with van der Waals surface area (Å²) in [6.07, 6.45) is 13.3. The van der Waals surface area contributed by atoms with E-state index in [1.165, 1.54) is 62.1 Å². The summed E-state index contributed by atoms with van der Waals surface area (Å²) in [6, 6.07) is 4.16. The zero-order valence-corrected chi connectivity index (χ0v) is 13.1. The smallest absolute Gasteiger partial charge is 0.0278 e. The second-order valence-electron chi connectivity index (χ2n) is 4.90. The molecular weight excluding hydrogens is 252 g/mol. The van der Waals surface area contributed by atoms with Crippen LogP contribution in [0.5, 0.6) is 0 Å². The van der Waals surface area contributed by atoms with Crippen molar-refractivity contribution in [2.24, 2.45) is 0 Å². The Labute approximate surface area is 122 Å². The monoisotopic (exact) mass is 280 g/mol. The molecule has 0 amide bonds. The highest BCUT2D eigenvalue weighted by Gasteiger charge is 1.94. The SMILES string of the molecule is CCCCCCCCNCCCSc1ccncc1. The van der Waals surface area contributed by atoms with E-state index in [2.05, 4.69) is 29.4 Å². The summed E-state index contributed by atoms with van der Waals surface area (Å²) in [5, 5.41) is 3.54. The van der Waals surface area contributed by atoms with Gasteiger partial charge in [0.05, 0.1) is 0 Å². The average molecular weight is 280 g/mol. The lowest BCUT2D eigenvalue weighted by Crippen LogP contribution is -2.17. The first-order valence-corrected chi connectivity index (χ1v) is 8.65. The molecule has 0 spiro atoms. The molecule has 0 atom stereocenters. The highest BCUT2D eigenvalue weighted by Crippen LogP contribution is 2.16. The number of nitrogens with zero attached hydrogens (tertiary/aromatic N) is 1. The van der Waals surface area contributed by atoms with E-state index < -0.39 is 0 Å². The lowest BCUT2D eigenvalue weighted by atomic mass is 10.1. The second kappa shape index (κ2) is 12.5. The maximum Gasteiger partial charge on any atom is 0.0278 e. The zero-order valence-electron chi connectivity index (χ0n) is 12.2. The highest BCUT2D eigenvalue weighted by molar-refractivity contribution is 7.99. The van der Waals surface area contributed by atoms with Gasteiger partial charge in [0.1, 0.15) is 0 Å². The first kappa shape index (κ1) is 16.5. The van der Waals surface area contributed by atoms with E-state index in [1.54, 1.807) is 0 Å². The van der Waals surface area contributed by atoms with Gasteiger partial charge in [-0.25, -0.2) is 0 Å². The van der Waals surface area contributed by atoms with Gasteiger partial charge in [0.15, 0.2) is 0 Å². The quantitative estimate of drug-likeness (QED) is 0.450. The van der Waals surface area contributed by atoms with Crippen LogP contribution in [-0.4, -0.2) is 23.8 Å². The summed E-state index contributed by atoms with van der Waals surface area (Å²) in [5.74, 6) is 1.19. The first-order valence-electron chi connectivity index (χ1n) is 7.67. The Morgan fingerprint density at radius 3 is 2.42 bits per heavy atom. The molecule has 0 saturated heterocycles. The summed E-state index contributed by atoms with van der Waals surface area (Å²) in [6.45, 7) is 4.60. The number of rotatable bonds is 12. The van der Waals surface area contributed by atoms with Gasteiger partial charge in [-0.2, -0.15) is 0 Å². The molecule has 1 rings (SSSR count). The number of nitrogens with one attached hydrogen (secondary N) is 1. The number of pyridine rings is 1. The van der Waals surface area contributed by atoms with Crippen LogP contribution >= 0.6 is 11.8 Å². The van der Waals surface area contributed by atoms with Crippen LogP contribution in [0.3, 0.4) is 0 Å². The van der Waals surface area contributed by atoms with Crippen LogP contribution in [0.1, 0.15) is 51.9 Å². The molecular formula is C16H28N2S. The third kappa shape index (κ3) is 9.97. The van der Waals surface area contributed by atoms with E-state index in [4.69, 9.17) is 0 Å². The van der Waals surface area contributed by atoms with E-state index >= 15 is 0 Å². The molecule has 0 saturated carbocycles. The van der Waals surface area contributed by atoms with Crippen LogP contribution in [0.2, 0.25) is 0 Å². The van der Waals surface area contributed by atoms with Crippen molar-refractivity contribution in [2.75, 3.05) is 18.8 Å². The second-order valence-corrected chi connectivity index (χ2v) is 6.07. The van der Waals surface area contributed by atoms with Gasteiger partial charge in [-0.3, -0.25) is 4.98 Å². The molecule has 3 heteroatoms. The largest absolute Gasteiger partial charge is 0.317 e. The molecule has 1 N–H and O–H groups in total. The van der Waals surface area contributed by atoms with Gasteiger partial charge >= 0.3 is 0 Å². The Hall–Kier alpha value is -0.540. The minimum atomic E-state index is 1.15. The number of hydrogen-bond acceptors (Lipinski definition) is 3. The number of hydrogen-bond donors (Lipinski definition) is 1. The van der Waals surface area contributed by atoms with Crippen molar-refractivity contribution in [1.82, 2.24) is 10.3 Å². The fourth-order valence-corrected chi connectivity index (χ4v) is 2.82. The van der Waals surface area contributed by atoms with Gasteiger partial charge < -0.3 is 5.32 Å². The lowest BCUT2D eigenvalue weighted by Gasteiger charge is -2.05. The fourth-order valence-electron chi connectivity index (χ4n) is 1.98. The molecule has 0 radical (unpaired) electrons. The summed E-state index contributed by atoms with van der Waals surface area (Å²) in [5.41, 5.74) is 0. The molecule has 0 bridgehead atoms. The maximum atomic E-state index is 4.02. The van der Waals surface area contributed by atoms with Crippen LogP contribution in [0.25, 0.3) is 0 Å². The van der Waals surface area contributed by atoms with E-state index in [-0.39, 0.29) is 0 Å². The zero-order chi connectivity index (χ0) is 13.6. The van der Waals surface area contributed by atoms with Gasteiger partial charge in [0, 0.05) is 17.3 Å². The topological polar surface area (TPSA) is 24.9 Å². The number of unbranched alkanes of at least 4 members (excludes halogenated alkanes) is 5. The molecule has 0 unspecified atom stereocenters. The predicted molar refractivity (Wildman–Crippen MR) is 85.8 cm³/mol. The van der Waals surface area contributed by atoms with Gasteiger partial charge in [-0.1, -0.05) is 39.0 Å². The minimum absolute atomic E-state index is 1.15. The van der Waals surface area contributed by atoms with Crippen molar-refractivity contribution in [3.63, 3.8) is 0 Å². The van der Waals surface area contributed by atoms with Gasteiger partial charge in [0.2, 0.25) is 0 Å². The summed E-state index contributed by atoms with van der Waals surface area (Å²) >= 11 is 1.92. The van der Waals surface area contributed by atoms with E-state index in [0.717, 1.165) is 6.54 Å². The summed E-state index contributed by atoms with van der Waals surface area (Å²) in [7, 11) is 0. The third-order valence-electron chi connectivity index (χ3n) is 3.12. The van der Waals surface area contributed by atoms with Gasteiger partial charge in [-0.05, 0) is 43.8 Å². The Kier molecular flexibility index (Phi) is 10.9. The first-order chi connectivity index (χ1) is 9.43. The van der Waals surface area contributed by atoms with Gasteiger partial charge in [0.25, 0.3) is 0 Å². The average Bonchev–Trinajstić information content (AvgIpc) is 2.46. The molecule has 0 aliphatic heterocycles. The standard InChI is InChI=1S/C16H28N2S/c1-2-3-4-5-6-7-11-17-12-8-15-19-16-9-13-18-14-10-16/h9-10,13-14,17H,2-8,11-12,15H2,1H3. The lowest BCUT2D eigenvalue weighted by molar-refractivity contribution is 0.571. The molecule has 19 heavy (non-hydrogen) atoms. The Morgan fingerprint density at radius 2 is 1.63 bits per heavy atom. The van der Waals surface area contributed by atoms with Crippen LogP contribution in [0, 0.1) is 0 Å². The van der Waals surface area contributed by atoms with Crippen LogP contribution < -0.4 is 5.32 Å². The van der Waals surface area contributed by atoms with Crippen molar-refractivity contribution in [3.05, 3.63) is 24.5 Å². The van der Waals surface area contributed by atoms with Crippen molar-refractivity contribution >= 4 is 11.8 Å². The molecule has 0 aromatic carbocycles. The number of thioether (sulfide) groups is 1. The molecule has 2 nitrogen and oxygen atoms in total. The van der Waals surface area contributed by atoms with Crippen LogP contribution in [-0.2, 0) is 0 Å². The minimum Gasteiger partial charge on any atom is -0.317 e. The Morgan fingerprint density at radius 1 is 0.947 bits per heavy atom.